The van der Waals surface area contributed by atoms with Gasteiger partial charge >= 0.3 is 0 Å². The average molecular weight is 148 g/mol. The molecule has 0 saturated heterocycles. The molecule has 2 aliphatic rings. The lowest BCUT2D eigenvalue weighted by Gasteiger charge is -2.15. The molecule has 54 valence electrons. The van der Waals surface area contributed by atoms with Crippen molar-refractivity contribution >= 4 is 12.4 Å². The Hall–Kier alpha value is 0.250. The van der Waals surface area contributed by atoms with Gasteiger partial charge in [-0.2, -0.15) is 0 Å². The molecule has 2 heteroatoms. The van der Waals surface area contributed by atoms with E-state index in [1.807, 2.05) is 0 Å². The van der Waals surface area contributed by atoms with Crippen molar-refractivity contribution in [3.63, 3.8) is 0 Å². The lowest BCUT2D eigenvalue weighted by molar-refractivity contribution is 0.418. The normalized spacial score (nSPS) is 47.0. The van der Waals surface area contributed by atoms with Crippen molar-refractivity contribution in [1.29, 1.82) is 0 Å². The quantitative estimate of drug-likeness (QED) is 0.553. The molecule has 2 rings (SSSR count). The highest BCUT2D eigenvalue weighted by atomic mass is 35.5. The Bertz CT molecular complexity index is 103. The van der Waals surface area contributed by atoms with Gasteiger partial charge in [-0.05, 0) is 31.1 Å². The summed E-state index contributed by atoms with van der Waals surface area (Å²) in [6.45, 7) is 0. The molecule has 0 heterocycles. The second-order valence-corrected chi connectivity index (χ2v) is 3.34. The fraction of sp³-hybridized carbons (Fsp3) is 1.00. The summed E-state index contributed by atoms with van der Waals surface area (Å²) in [6.07, 6.45) is 5.66. The second kappa shape index (κ2) is 2.47. The van der Waals surface area contributed by atoms with Crippen LogP contribution in [0.5, 0.6) is 0 Å². The van der Waals surface area contributed by atoms with Crippen molar-refractivity contribution in [2.45, 2.75) is 31.7 Å². The molecule has 9 heavy (non-hydrogen) atoms. The summed E-state index contributed by atoms with van der Waals surface area (Å²) in [5, 5.41) is 0. The van der Waals surface area contributed by atoms with Crippen LogP contribution in [-0.2, 0) is 0 Å². The van der Waals surface area contributed by atoms with Crippen molar-refractivity contribution in [1.82, 2.24) is 0 Å². The van der Waals surface area contributed by atoms with E-state index in [1.54, 1.807) is 0 Å². The molecule has 2 N–H and O–H groups in total. The Morgan fingerprint density at radius 3 is 2.11 bits per heavy atom. The van der Waals surface area contributed by atoms with Crippen LogP contribution in [0.2, 0.25) is 0 Å². The summed E-state index contributed by atoms with van der Waals surface area (Å²) >= 11 is 0. The summed E-state index contributed by atoms with van der Waals surface area (Å²) in [5.41, 5.74) is 5.82. The highest BCUT2D eigenvalue weighted by Crippen LogP contribution is 2.43. The summed E-state index contributed by atoms with van der Waals surface area (Å²) in [5.74, 6) is 1.94. The minimum absolute atomic E-state index is 0. The van der Waals surface area contributed by atoms with E-state index in [0.29, 0.717) is 6.04 Å². The molecule has 0 spiro atoms. The molecule has 0 radical (unpaired) electrons. The van der Waals surface area contributed by atoms with Crippen LogP contribution in [0, 0.1) is 11.8 Å². The van der Waals surface area contributed by atoms with Gasteiger partial charge in [-0.15, -0.1) is 12.4 Å². The number of nitrogens with two attached hydrogens (primary N) is 1. The number of rotatable bonds is 0. The third-order valence-electron chi connectivity index (χ3n) is 2.79. The zero-order chi connectivity index (χ0) is 5.56. The van der Waals surface area contributed by atoms with Crippen LogP contribution < -0.4 is 5.73 Å². The molecule has 0 aliphatic heterocycles. The van der Waals surface area contributed by atoms with Gasteiger partial charge in [0.1, 0.15) is 0 Å². The van der Waals surface area contributed by atoms with Crippen LogP contribution in [0.15, 0.2) is 0 Å². The molecule has 2 bridgehead atoms. The predicted molar refractivity (Wildman–Crippen MR) is 40.7 cm³/mol. The van der Waals surface area contributed by atoms with Gasteiger partial charge in [-0.3, -0.25) is 0 Å². The van der Waals surface area contributed by atoms with Gasteiger partial charge in [0.2, 0.25) is 0 Å². The molecular weight excluding hydrogens is 134 g/mol. The van der Waals surface area contributed by atoms with Gasteiger partial charge < -0.3 is 5.73 Å². The van der Waals surface area contributed by atoms with Crippen LogP contribution in [0.25, 0.3) is 0 Å². The monoisotopic (exact) mass is 147 g/mol. The molecule has 0 amide bonds. The first kappa shape index (κ1) is 7.36. The molecule has 3 atom stereocenters. The standard InChI is InChI=1S/C7H13N.ClH/c8-7-4-5-1-2-6(7)3-5;/h5-7H,1-4,8H2;1H/t5-,6+,7-;/m1./s1. The molecule has 0 aromatic rings. The Balaban J connectivity index is 0.000000405. The maximum absolute atomic E-state index is 5.82. The zero-order valence-corrected chi connectivity index (χ0v) is 6.36. The van der Waals surface area contributed by atoms with E-state index in [2.05, 4.69) is 0 Å². The molecule has 1 nitrogen and oxygen atoms in total. The topological polar surface area (TPSA) is 26.0 Å². The smallest absolute Gasteiger partial charge is 0.00699 e. The van der Waals surface area contributed by atoms with Crippen LogP contribution >= 0.6 is 12.4 Å². The van der Waals surface area contributed by atoms with Crippen molar-refractivity contribution in [2.75, 3.05) is 0 Å². The Morgan fingerprint density at radius 2 is 1.89 bits per heavy atom. The Kier molecular flexibility index (Phi) is 2.02. The average Bonchev–Trinajstić information content (AvgIpc) is 2.23. The number of fused-ring (bicyclic) bond motifs is 2. The lowest BCUT2D eigenvalue weighted by Crippen LogP contribution is -2.26. The molecule has 0 unspecified atom stereocenters. The van der Waals surface area contributed by atoms with E-state index in [-0.39, 0.29) is 12.4 Å². The fourth-order valence-electron chi connectivity index (χ4n) is 2.29. The maximum Gasteiger partial charge on any atom is 0.00699 e. The summed E-state index contributed by atoms with van der Waals surface area (Å²) < 4.78 is 0. The van der Waals surface area contributed by atoms with Gasteiger partial charge in [-0.1, -0.05) is 6.42 Å². The second-order valence-electron chi connectivity index (χ2n) is 3.34. The molecule has 2 fully saturated rings. The fourth-order valence-corrected chi connectivity index (χ4v) is 2.29. The van der Waals surface area contributed by atoms with E-state index in [0.717, 1.165) is 11.8 Å². The Morgan fingerprint density at radius 1 is 1.11 bits per heavy atom. The first-order chi connectivity index (χ1) is 3.86. The number of hydrogen-bond acceptors (Lipinski definition) is 1. The van der Waals surface area contributed by atoms with Crippen LogP contribution in [-0.4, -0.2) is 6.04 Å². The van der Waals surface area contributed by atoms with Crippen LogP contribution in [0.4, 0.5) is 0 Å². The number of hydrogen-bond donors (Lipinski definition) is 1. The van der Waals surface area contributed by atoms with E-state index >= 15 is 0 Å². The van der Waals surface area contributed by atoms with Crippen molar-refractivity contribution in [3.8, 4) is 0 Å². The predicted octanol–water partition coefficient (Wildman–Crippen LogP) is 1.56. The lowest BCUT2D eigenvalue weighted by atomic mass is 9.96. The summed E-state index contributed by atoms with van der Waals surface area (Å²) in [6, 6.07) is 0.578. The molecule has 2 aliphatic carbocycles. The molecule has 0 aromatic heterocycles. The Labute approximate surface area is 62.4 Å². The van der Waals surface area contributed by atoms with Crippen molar-refractivity contribution in [2.24, 2.45) is 17.6 Å². The summed E-state index contributed by atoms with van der Waals surface area (Å²) in [7, 11) is 0. The third-order valence-corrected chi connectivity index (χ3v) is 2.79. The minimum atomic E-state index is 0. The summed E-state index contributed by atoms with van der Waals surface area (Å²) in [4.78, 5) is 0. The zero-order valence-electron chi connectivity index (χ0n) is 5.55. The molecular formula is C7H14ClN. The van der Waals surface area contributed by atoms with Gasteiger partial charge in [-0.25, -0.2) is 0 Å². The van der Waals surface area contributed by atoms with Crippen molar-refractivity contribution < 1.29 is 0 Å². The van der Waals surface area contributed by atoms with Crippen molar-refractivity contribution in [3.05, 3.63) is 0 Å². The number of halogens is 1. The first-order valence-electron chi connectivity index (χ1n) is 3.62. The SMILES string of the molecule is Cl.N[C@@H]1C[C@@H]2CC[C@H]1C2. The van der Waals surface area contributed by atoms with E-state index in [9.17, 15) is 0 Å². The van der Waals surface area contributed by atoms with Crippen LogP contribution in [0.3, 0.4) is 0 Å². The van der Waals surface area contributed by atoms with Gasteiger partial charge in [0.05, 0.1) is 0 Å². The van der Waals surface area contributed by atoms with E-state index in [4.69, 9.17) is 5.73 Å². The van der Waals surface area contributed by atoms with E-state index < -0.39 is 0 Å². The van der Waals surface area contributed by atoms with Crippen LogP contribution in [0.1, 0.15) is 25.7 Å². The highest BCUT2D eigenvalue weighted by Gasteiger charge is 2.36. The minimum Gasteiger partial charge on any atom is -0.327 e. The van der Waals surface area contributed by atoms with Gasteiger partial charge in [0.25, 0.3) is 0 Å². The van der Waals surface area contributed by atoms with Gasteiger partial charge in [0.15, 0.2) is 0 Å². The highest BCUT2D eigenvalue weighted by molar-refractivity contribution is 5.85. The van der Waals surface area contributed by atoms with Gasteiger partial charge in [0, 0.05) is 6.04 Å². The maximum atomic E-state index is 5.82. The molecule has 0 aromatic carbocycles. The van der Waals surface area contributed by atoms with E-state index in [1.165, 1.54) is 25.7 Å². The molecule has 2 saturated carbocycles. The largest absolute Gasteiger partial charge is 0.327 e. The first-order valence-corrected chi connectivity index (χ1v) is 3.62. The third kappa shape index (κ3) is 1.08.